The van der Waals surface area contributed by atoms with E-state index >= 15 is 0 Å². The Morgan fingerprint density at radius 2 is 1.86 bits per heavy atom. The van der Waals surface area contributed by atoms with Crippen molar-refractivity contribution in [1.82, 2.24) is 0 Å². The van der Waals surface area contributed by atoms with Crippen LogP contribution in [0, 0.1) is 6.92 Å². The molecule has 146 valence electrons. The highest BCUT2D eigenvalue weighted by atomic mass is 79.9. The third kappa shape index (κ3) is 3.82. The Balaban J connectivity index is 1.62. The fourth-order valence-electron chi connectivity index (χ4n) is 3.02. The number of benzene rings is 3. The maximum atomic E-state index is 12.7. The van der Waals surface area contributed by atoms with E-state index in [1.54, 1.807) is 36.4 Å². The summed E-state index contributed by atoms with van der Waals surface area (Å²) < 4.78 is 11.7. The molecule has 3 aromatic carbocycles. The molecular weight excluding hydrogens is 436 g/mol. The van der Waals surface area contributed by atoms with Gasteiger partial charge in [-0.1, -0.05) is 6.07 Å². The molecule has 0 fully saturated rings. The van der Waals surface area contributed by atoms with E-state index in [1.165, 1.54) is 7.11 Å². The number of nitrogens with one attached hydrogen (secondary N) is 2. The predicted octanol–water partition coefficient (Wildman–Crippen LogP) is 5.38. The van der Waals surface area contributed by atoms with Crippen molar-refractivity contribution in [3.8, 4) is 17.2 Å². The van der Waals surface area contributed by atoms with Crippen molar-refractivity contribution in [3.05, 3.63) is 75.8 Å². The van der Waals surface area contributed by atoms with Crippen LogP contribution in [0.5, 0.6) is 17.2 Å². The van der Waals surface area contributed by atoms with Gasteiger partial charge in [0.25, 0.3) is 11.8 Å². The number of hydrogen-bond acceptors (Lipinski definition) is 4. The van der Waals surface area contributed by atoms with Gasteiger partial charge in [0.1, 0.15) is 11.5 Å². The van der Waals surface area contributed by atoms with Crippen LogP contribution in [0.1, 0.15) is 26.3 Å². The van der Waals surface area contributed by atoms with Crippen molar-refractivity contribution in [1.29, 1.82) is 0 Å². The second kappa shape index (κ2) is 7.60. The van der Waals surface area contributed by atoms with E-state index in [0.29, 0.717) is 44.2 Å². The Morgan fingerprint density at radius 3 is 2.66 bits per heavy atom. The molecule has 0 bridgehead atoms. The van der Waals surface area contributed by atoms with Gasteiger partial charge in [-0.2, -0.15) is 0 Å². The molecular formula is C22H17BrN2O4. The summed E-state index contributed by atoms with van der Waals surface area (Å²) in [5.74, 6) is 0.930. The highest BCUT2D eigenvalue weighted by molar-refractivity contribution is 9.10. The van der Waals surface area contributed by atoms with Gasteiger partial charge in [0.05, 0.1) is 23.9 Å². The van der Waals surface area contributed by atoms with Gasteiger partial charge >= 0.3 is 0 Å². The molecule has 1 aliphatic heterocycles. The summed E-state index contributed by atoms with van der Waals surface area (Å²) in [6, 6.07) is 15.7. The number of anilines is 2. The van der Waals surface area contributed by atoms with Crippen LogP contribution in [-0.4, -0.2) is 18.9 Å². The maximum absolute atomic E-state index is 12.7. The van der Waals surface area contributed by atoms with Gasteiger partial charge in [-0.3, -0.25) is 9.59 Å². The van der Waals surface area contributed by atoms with Crippen LogP contribution in [0.3, 0.4) is 0 Å². The highest BCUT2D eigenvalue weighted by Gasteiger charge is 2.22. The molecule has 2 amide bonds. The van der Waals surface area contributed by atoms with Crippen LogP contribution in [0.15, 0.2) is 59.1 Å². The Bertz CT molecular complexity index is 1140. The van der Waals surface area contributed by atoms with E-state index in [-0.39, 0.29) is 11.8 Å². The van der Waals surface area contributed by atoms with Gasteiger partial charge in [-0.15, -0.1) is 0 Å². The first kappa shape index (κ1) is 19.0. The zero-order chi connectivity index (χ0) is 20.5. The number of amides is 2. The molecule has 1 heterocycles. The Hall–Kier alpha value is -3.32. The van der Waals surface area contributed by atoms with Crippen molar-refractivity contribution in [2.45, 2.75) is 6.92 Å². The monoisotopic (exact) mass is 452 g/mol. The molecule has 0 saturated heterocycles. The smallest absolute Gasteiger partial charge is 0.259 e. The molecule has 7 heteroatoms. The lowest BCUT2D eigenvalue weighted by Gasteiger charge is -2.11. The van der Waals surface area contributed by atoms with Crippen LogP contribution in [0.25, 0.3) is 0 Å². The molecule has 0 unspecified atom stereocenters. The Morgan fingerprint density at radius 1 is 1.07 bits per heavy atom. The standard InChI is InChI=1S/C22H17BrN2O4/c1-12-3-7-20-18(9-12)25-22(27)16-10-13(4-8-19(16)29-20)24-21(26)15-11-14(28-2)5-6-17(15)23/h3-11H,1-2H3,(H,24,26)(H,25,27). The zero-order valence-electron chi connectivity index (χ0n) is 15.7. The number of carbonyl (C=O) groups excluding carboxylic acids is 2. The third-order valence-electron chi connectivity index (χ3n) is 4.50. The molecule has 0 aliphatic carbocycles. The van der Waals surface area contributed by atoms with Crippen molar-refractivity contribution in [2.24, 2.45) is 0 Å². The van der Waals surface area contributed by atoms with E-state index in [0.717, 1.165) is 5.56 Å². The van der Waals surface area contributed by atoms with Gasteiger partial charge in [0, 0.05) is 10.2 Å². The average Bonchev–Trinajstić information content (AvgIpc) is 2.84. The van der Waals surface area contributed by atoms with Gasteiger partial charge in [-0.05, 0) is 76.9 Å². The van der Waals surface area contributed by atoms with Crippen molar-refractivity contribution in [2.75, 3.05) is 17.7 Å². The first-order valence-corrected chi connectivity index (χ1v) is 9.62. The van der Waals surface area contributed by atoms with Gasteiger partial charge in [0.15, 0.2) is 5.75 Å². The Kier molecular flexibility index (Phi) is 4.98. The summed E-state index contributed by atoms with van der Waals surface area (Å²) in [5, 5.41) is 5.67. The van der Waals surface area contributed by atoms with Gasteiger partial charge < -0.3 is 20.1 Å². The largest absolute Gasteiger partial charge is 0.497 e. The SMILES string of the molecule is COc1ccc(Br)c(C(=O)Nc2ccc3c(c2)C(=O)Nc2cc(C)ccc2O3)c1. The lowest BCUT2D eigenvalue weighted by atomic mass is 10.1. The second-order valence-electron chi connectivity index (χ2n) is 6.57. The first-order chi connectivity index (χ1) is 13.9. The van der Waals surface area contributed by atoms with Crippen LogP contribution in [0.4, 0.5) is 11.4 Å². The van der Waals surface area contributed by atoms with Crippen molar-refractivity contribution < 1.29 is 19.1 Å². The van der Waals surface area contributed by atoms with Crippen LogP contribution < -0.4 is 20.1 Å². The van der Waals surface area contributed by atoms with Crippen molar-refractivity contribution >= 4 is 39.1 Å². The molecule has 0 saturated carbocycles. The number of halogens is 1. The van der Waals surface area contributed by atoms with Crippen LogP contribution in [0.2, 0.25) is 0 Å². The molecule has 0 radical (unpaired) electrons. The van der Waals surface area contributed by atoms with E-state index in [9.17, 15) is 9.59 Å². The normalized spacial score (nSPS) is 12.0. The van der Waals surface area contributed by atoms with E-state index in [1.807, 2.05) is 25.1 Å². The summed E-state index contributed by atoms with van der Waals surface area (Å²) in [6.07, 6.45) is 0. The van der Waals surface area contributed by atoms with E-state index in [2.05, 4.69) is 26.6 Å². The lowest BCUT2D eigenvalue weighted by molar-refractivity contribution is 0.101. The van der Waals surface area contributed by atoms with Crippen molar-refractivity contribution in [3.63, 3.8) is 0 Å². The van der Waals surface area contributed by atoms with Gasteiger partial charge in [-0.25, -0.2) is 0 Å². The Labute approximate surface area is 176 Å². The minimum absolute atomic E-state index is 0.303. The van der Waals surface area contributed by atoms with E-state index in [4.69, 9.17) is 9.47 Å². The maximum Gasteiger partial charge on any atom is 0.259 e. The lowest BCUT2D eigenvalue weighted by Crippen LogP contribution is -2.14. The van der Waals surface area contributed by atoms with Gasteiger partial charge in [0.2, 0.25) is 0 Å². The first-order valence-electron chi connectivity index (χ1n) is 8.83. The van der Waals surface area contributed by atoms with Crippen LogP contribution in [-0.2, 0) is 0 Å². The third-order valence-corrected chi connectivity index (χ3v) is 5.19. The average molecular weight is 453 g/mol. The number of hydrogen-bond donors (Lipinski definition) is 2. The quantitative estimate of drug-likeness (QED) is 0.559. The molecule has 0 spiro atoms. The molecule has 29 heavy (non-hydrogen) atoms. The number of fused-ring (bicyclic) bond motifs is 2. The molecule has 6 nitrogen and oxygen atoms in total. The molecule has 1 aliphatic rings. The summed E-state index contributed by atoms with van der Waals surface area (Å²) in [4.78, 5) is 25.4. The number of aryl methyl sites for hydroxylation is 1. The number of rotatable bonds is 3. The topological polar surface area (TPSA) is 76.7 Å². The van der Waals surface area contributed by atoms with Crippen LogP contribution >= 0.6 is 15.9 Å². The summed E-state index contributed by atoms with van der Waals surface area (Å²) >= 11 is 3.38. The second-order valence-corrected chi connectivity index (χ2v) is 7.42. The summed E-state index contributed by atoms with van der Waals surface area (Å²) in [7, 11) is 1.54. The molecule has 0 atom stereocenters. The highest BCUT2D eigenvalue weighted by Crippen LogP contribution is 2.37. The minimum Gasteiger partial charge on any atom is -0.497 e. The number of carbonyl (C=O) groups is 2. The fourth-order valence-corrected chi connectivity index (χ4v) is 3.44. The molecule has 2 N–H and O–H groups in total. The van der Waals surface area contributed by atoms with E-state index < -0.39 is 0 Å². The summed E-state index contributed by atoms with van der Waals surface area (Å²) in [6.45, 7) is 1.94. The number of ether oxygens (including phenoxy) is 2. The molecule has 4 rings (SSSR count). The predicted molar refractivity (Wildman–Crippen MR) is 114 cm³/mol. The fraction of sp³-hybridized carbons (Fsp3) is 0.0909. The number of methoxy groups -OCH3 is 1. The minimum atomic E-state index is -0.329. The zero-order valence-corrected chi connectivity index (χ0v) is 17.3. The molecule has 0 aromatic heterocycles. The molecule has 3 aromatic rings. The summed E-state index contributed by atoms with van der Waals surface area (Å²) in [5.41, 5.74) is 2.85.